The van der Waals surface area contributed by atoms with Gasteiger partial charge < -0.3 is 0 Å². The molecule has 0 atom stereocenters. The SMILES string of the molecule is CCCCCCC(CCCCCC)C(=O)NOCc1ccccc1. The van der Waals surface area contributed by atoms with E-state index in [-0.39, 0.29) is 11.8 Å². The summed E-state index contributed by atoms with van der Waals surface area (Å²) in [6.45, 7) is 4.85. The van der Waals surface area contributed by atoms with E-state index in [1.165, 1.54) is 38.5 Å². The summed E-state index contributed by atoms with van der Waals surface area (Å²) < 4.78 is 0. The van der Waals surface area contributed by atoms with Crippen molar-refractivity contribution in [2.75, 3.05) is 0 Å². The number of hydrogen-bond donors (Lipinski definition) is 1. The van der Waals surface area contributed by atoms with E-state index in [9.17, 15) is 4.79 Å². The Hall–Kier alpha value is -1.35. The summed E-state index contributed by atoms with van der Waals surface area (Å²) in [6, 6.07) is 9.93. The maximum absolute atomic E-state index is 12.4. The van der Waals surface area contributed by atoms with Gasteiger partial charge >= 0.3 is 0 Å². The third kappa shape index (κ3) is 9.71. The molecule has 0 spiro atoms. The van der Waals surface area contributed by atoms with Gasteiger partial charge in [-0.1, -0.05) is 95.5 Å². The van der Waals surface area contributed by atoms with Gasteiger partial charge in [-0.25, -0.2) is 5.48 Å². The largest absolute Gasteiger partial charge is 0.273 e. The second-order valence-electron chi connectivity index (χ2n) is 6.64. The summed E-state index contributed by atoms with van der Waals surface area (Å²) in [7, 11) is 0. The molecule has 1 aromatic rings. The molecule has 3 heteroatoms. The van der Waals surface area contributed by atoms with Gasteiger partial charge in [-0.2, -0.15) is 0 Å². The monoisotopic (exact) mass is 333 g/mol. The number of rotatable bonds is 14. The van der Waals surface area contributed by atoms with Crippen molar-refractivity contribution >= 4 is 5.91 Å². The Morgan fingerprint density at radius 1 is 0.917 bits per heavy atom. The molecule has 1 aromatic carbocycles. The predicted molar refractivity (Wildman–Crippen MR) is 100 cm³/mol. The molecule has 24 heavy (non-hydrogen) atoms. The van der Waals surface area contributed by atoms with E-state index < -0.39 is 0 Å². The molecule has 0 bridgehead atoms. The Labute approximate surface area is 148 Å². The number of benzene rings is 1. The zero-order valence-electron chi connectivity index (χ0n) is 15.6. The molecule has 0 saturated carbocycles. The molecule has 0 saturated heterocycles. The lowest BCUT2D eigenvalue weighted by Crippen LogP contribution is -2.31. The van der Waals surface area contributed by atoms with Crippen LogP contribution in [0.5, 0.6) is 0 Å². The highest BCUT2D eigenvalue weighted by atomic mass is 16.6. The van der Waals surface area contributed by atoms with Crippen molar-refractivity contribution in [1.29, 1.82) is 0 Å². The molecular weight excluding hydrogens is 298 g/mol. The highest BCUT2D eigenvalue weighted by Gasteiger charge is 2.17. The Kier molecular flexibility index (Phi) is 12.1. The molecule has 0 unspecified atom stereocenters. The first-order chi connectivity index (χ1) is 11.8. The molecule has 0 aromatic heterocycles. The van der Waals surface area contributed by atoms with Gasteiger partial charge in [-0.05, 0) is 18.4 Å². The van der Waals surface area contributed by atoms with E-state index in [4.69, 9.17) is 4.84 Å². The standard InChI is InChI=1S/C21H35NO2/c1-3-5-7-12-16-20(17-13-8-6-4-2)21(23)22-24-18-19-14-10-9-11-15-19/h9-11,14-15,20H,3-8,12-13,16-18H2,1-2H3,(H,22,23). The average molecular weight is 334 g/mol. The van der Waals surface area contributed by atoms with E-state index in [1.807, 2.05) is 30.3 Å². The molecular formula is C21H35NO2. The van der Waals surface area contributed by atoms with Gasteiger partial charge in [0.1, 0.15) is 0 Å². The van der Waals surface area contributed by atoms with Crippen LogP contribution in [0.25, 0.3) is 0 Å². The Morgan fingerprint density at radius 3 is 2.04 bits per heavy atom. The minimum Gasteiger partial charge on any atom is -0.273 e. The van der Waals surface area contributed by atoms with Crippen molar-refractivity contribution < 1.29 is 9.63 Å². The van der Waals surface area contributed by atoms with Crippen LogP contribution in [-0.2, 0) is 16.2 Å². The molecule has 0 fully saturated rings. The lowest BCUT2D eigenvalue weighted by Gasteiger charge is -2.16. The van der Waals surface area contributed by atoms with Crippen LogP contribution < -0.4 is 5.48 Å². The van der Waals surface area contributed by atoms with Crippen molar-refractivity contribution in [3.63, 3.8) is 0 Å². The molecule has 3 nitrogen and oxygen atoms in total. The topological polar surface area (TPSA) is 38.3 Å². The summed E-state index contributed by atoms with van der Waals surface area (Å²) in [4.78, 5) is 17.8. The smallest absolute Gasteiger partial charge is 0.246 e. The van der Waals surface area contributed by atoms with Gasteiger partial charge in [0.2, 0.25) is 5.91 Å². The van der Waals surface area contributed by atoms with E-state index >= 15 is 0 Å². The highest BCUT2D eigenvalue weighted by Crippen LogP contribution is 2.19. The van der Waals surface area contributed by atoms with E-state index in [0.29, 0.717) is 6.61 Å². The maximum Gasteiger partial charge on any atom is 0.246 e. The first-order valence-electron chi connectivity index (χ1n) is 9.73. The Morgan fingerprint density at radius 2 is 1.50 bits per heavy atom. The normalized spacial score (nSPS) is 11.0. The quantitative estimate of drug-likeness (QED) is 0.345. The third-order valence-corrected chi connectivity index (χ3v) is 4.44. The zero-order valence-corrected chi connectivity index (χ0v) is 15.6. The maximum atomic E-state index is 12.4. The van der Waals surface area contributed by atoms with Crippen LogP contribution >= 0.6 is 0 Å². The van der Waals surface area contributed by atoms with Gasteiger partial charge in [-0.3, -0.25) is 9.63 Å². The minimum atomic E-state index is 0.0546. The lowest BCUT2D eigenvalue weighted by atomic mass is 9.94. The summed E-state index contributed by atoms with van der Waals surface area (Å²) >= 11 is 0. The van der Waals surface area contributed by atoms with Crippen molar-refractivity contribution in [3.05, 3.63) is 35.9 Å². The number of nitrogens with one attached hydrogen (secondary N) is 1. The van der Waals surface area contributed by atoms with E-state index in [1.54, 1.807) is 0 Å². The molecule has 1 N–H and O–H groups in total. The van der Waals surface area contributed by atoms with Crippen LogP contribution in [0.3, 0.4) is 0 Å². The molecule has 0 aliphatic carbocycles. The summed E-state index contributed by atoms with van der Waals surface area (Å²) in [5.74, 6) is 0.147. The fourth-order valence-corrected chi connectivity index (χ4v) is 2.89. The molecule has 0 aliphatic heterocycles. The van der Waals surface area contributed by atoms with Gasteiger partial charge in [-0.15, -0.1) is 0 Å². The Bertz CT molecular complexity index is 407. The number of hydrogen-bond acceptors (Lipinski definition) is 2. The fraction of sp³-hybridized carbons (Fsp3) is 0.667. The second-order valence-corrected chi connectivity index (χ2v) is 6.64. The van der Waals surface area contributed by atoms with E-state index in [0.717, 1.165) is 31.2 Å². The third-order valence-electron chi connectivity index (χ3n) is 4.44. The molecule has 0 heterocycles. The summed E-state index contributed by atoms with van der Waals surface area (Å²) in [5.41, 5.74) is 3.74. The van der Waals surface area contributed by atoms with Crippen LogP contribution in [0.15, 0.2) is 30.3 Å². The number of carbonyl (C=O) groups excluding carboxylic acids is 1. The van der Waals surface area contributed by atoms with Crippen LogP contribution in [0.2, 0.25) is 0 Å². The number of unbranched alkanes of at least 4 members (excludes halogenated alkanes) is 6. The second kappa shape index (κ2) is 14.0. The van der Waals surface area contributed by atoms with Gasteiger partial charge in [0.15, 0.2) is 0 Å². The molecule has 0 radical (unpaired) electrons. The molecule has 0 aliphatic rings. The summed E-state index contributed by atoms with van der Waals surface area (Å²) in [6.07, 6.45) is 11.7. The van der Waals surface area contributed by atoms with Crippen LogP contribution in [-0.4, -0.2) is 5.91 Å². The van der Waals surface area contributed by atoms with Crippen LogP contribution in [0, 0.1) is 5.92 Å². The number of carbonyl (C=O) groups is 1. The van der Waals surface area contributed by atoms with Crippen LogP contribution in [0.1, 0.15) is 83.6 Å². The van der Waals surface area contributed by atoms with Gasteiger partial charge in [0, 0.05) is 5.92 Å². The van der Waals surface area contributed by atoms with Crippen molar-refractivity contribution in [2.24, 2.45) is 5.92 Å². The molecule has 1 amide bonds. The minimum absolute atomic E-state index is 0.0546. The fourth-order valence-electron chi connectivity index (χ4n) is 2.89. The zero-order chi connectivity index (χ0) is 17.5. The molecule has 1 rings (SSSR count). The summed E-state index contributed by atoms with van der Waals surface area (Å²) in [5, 5.41) is 0. The molecule has 136 valence electrons. The lowest BCUT2D eigenvalue weighted by molar-refractivity contribution is -0.139. The first kappa shape index (κ1) is 20.7. The Balaban J connectivity index is 2.33. The van der Waals surface area contributed by atoms with E-state index in [2.05, 4.69) is 19.3 Å². The first-order valence-corrected chi connectivity index (χ1v) is 9.73. The van der Waals surface area contributed by atoms with Crippen molar-refractivity contribution in [1.82, 2.24) is 5.48 Å². The van der Waals surface area contributed by atoms with Crippen LogP contribution in [0.4, 0.5) is 0 Å². The predicted octanol–water partition coefficient (Wildman–Crippen LogP) is 5.79. The van der Waals surface area contributed by atoms with Crippen molar-refractivity contribution in [2.45, 2.75) is 84.7 Å². The average Bonchev–Trinajstić information content (AvgIpc) is 2.61. The highest BCUT2D eigenvalue weighted by molar-refractivity contribution is 5.77. The van der Waals surface area contributed by atoms with Crippen molar-refractivity contribution in [3.8, 4) is 0 Å². The number of hydroxylamine groups is 1. The van der Waals surface area contributed by atoms with Gasteiger partial charge in [0.05, 0.1) is 6.61 Å². The van der Waals surface area contributed by atoms with Gasteiger partial charge in [0.25, 0.3) is 0 Å². The number of amides is 1.